The summed E-state index contributed by atoms with van der Waals surface area (Å²) in [5.41, 5.74) is 1.79. The van der Waals surface area contributed by atoms with Gasteiger partial charge in [0, 0.05) is 12.8 Å². The van der Waals surface area contributed by atoms with Crippen molar-refractivity contribution in [1.82, 2.24) is 4.98 Å². The predicted molar refractivity (Wildman–Crippen MR) is 96.3 cm³/mol. The zero-order valence-corrected chi connectivity index (χ0v) is 14.4. The van der Waals surface area contributed by atoms with Crippen LogP contribution in [0.2, 0.25) is 0 Å². The molecule has 2 aromatic carbocycles. The lowest BCUT2D eigenvalue weighted by Gasteiger charge is -2.06. The summed E-state index contributed by atoms with van der Waals surface area (Å²) in [6.07, 6.45) is 0.888. The molecule has 0 unspecified atom stereocenters. The second kappa shape index (κ2) is 8.29. The van der Waals surface area contributed by atoms with Gasteiger partial charge in [0.2, 0.25) is 0 Å². The van der Waals surface area contributed by atoms with E-state index in [0.29, 0.717) is 17.5 Å². The van der Waals surface area contributed by atoms with Crippen LogP contribution in [0.1, 0.15) is 17.7 Å². The van der Waals surface area contributed by atoms with E-state index in [-0.39, 0.29) is 31.1 Å². The highest BCUT2D eigenvalue weighted by Gasteiger charge is 2.10. The Labute approximate surface area is 150 Å². The normalized spacial score (nSPS) is 10.7. The molecule has 0 radical (unpaired) electrons. The summed E-state index contributed by atoms with van der Waals surface area (Å²) in [4.78, 5) is 28.0. The van der Waals surface area contributed by atoms with Crippen LogP contribution in [0.3, 0.4) is 0 Å². The molecule has 0 saturated heterocycles. The first-order valence-electron chi connectivity index (χ1n) is 8.33. The van der Waals surface area contributed by atoms with Crippen molar-refractivity contribution in [2.45, 2.75) is 19.3 Å². The summed E-state index contributed by atoms with van der Waals surface area (Å²) >= 11 is 0. The molecular weight excluding hydrogens is 334 g/mol. The number of fused-ring (bicyclic) bond motifs is 1. The molecule has 6 heteroatoms. The molecule has 0 saturated carbocycles. The number of hydrogen-bond acceptors (Lipinski definition) is 6. The molecule has 0 aliphatic rings. The molecule has 6 nitrogen and oxygen atoms in total. The van der Waals surface area contributed by atoms with Gasteiger partial charge in [-0.3, -0.25) is 4.79 Å². The second-order valence-electron chi connectivity index (χ2n) is 5.73. The third kappa shape index (κ3) is 4.47. The zero-order chi connectivity index (χ0) is 18.4. The first kappa shape index (κ1) is 17.7. The fraction of sp³-hybridized carbons (Fsp3) is 0.250. The Kier molecular flexibility index (Phi) is 5.63. The van der Waals surface area contributed by atoms with Gasteiger partial charge in [-0.1, -0.05) is 24.3 Å². The minimum atomic E-state index is -0.519. The zero-order valence-electron chi connectivity index (χ0n) is 14.4. The van der Waals surface area contributed by atoms with Crippen LogP contribution in [0.4, 0.5) is 0 Å². The summed E-state index contributed by atoms with van der Waals surface area (Å²) in [5, 5.41) is 0. The lowest BCUT2D eigenvalue weighted by Crippen LogP contribution is -2.14. The van der Waals surface area contributed by atoms with Gasteiger partial charge < -0.3 is 13.9 Å². The van der Waals surface area contributed by atoms with Crippen molar-refractivity contribution in [3.05, 3.63) is 70.2 Å². The van der Waals surface area contributed by atoms with Gasteiger partial charge in [0.1, 0.15) is 17.0 Å². The Morgan fingerprint density at radius 3 is 2.62 bits per heavy atom. The van der Waals surface area contributed by atoms with Crippen LogP contribution in [0, 0.1) is 0 Å². The number of aromatic nitrogens is 1. The number of benzene rings is 2. The average Bonchev–Trinajstić information content (AvgIpc) is 2.67. The molecule has 0 aliphatic heterocycles. The SMILES string of the molecule is COc1ccc(CCOC(=O)CCc2nc3ccccc3oc2=O)cc1. The number of esters is 1. The molecule has 1 aromatic heterocycles. The van der Waals surface area contributed by atoms with Gasteiger partial charge in [0.25, 0.3) is 0 Å². The van der Waals surface area contributed by atoms with Crippen molar-refractivity contribution in [2.75, 3.05) is 13.7 Å². The van der Waals surface area contributed by atoms with E-state index in [9.17, 15) is 9.59 Å². The molecule has 0 atom stereocenters. The number of carbonyl (C=O) groups is 1. The molecule has 26 heavy (non-hydrogen) atoms. The maximum atomic E-state index is 11.9. The number of para-hydroxylation sites is 2. The van der Waals surface area contributed by atoms with Gasteiger partial charge in [-0.25, -0.2) is 9.78 Å². The van der Waals surface area contributed by atoms with E-state index < -0.39 is 5.63 Å². The van der Waals surface area contributed by atoms with E-state index in [1.807, 2.05) is 30.3 Å². The van der Waals surface area contributed by atoms with Crippen molar-refractivity contribution in [1.29, 1.82) is 0 Å². The Balaban J connectivity index is 1.49. The van der Waals surface area contributed by atoms with Gasteiger partial charge in [0.05, 0.1) is 20.1 Å². The summed E-state index contributed by atoms with van der Waals surface area (Å²) in [7, 11) is 1.61. The van der Waals surface area contributed by atoms with E-state index in [2.05, 4.69) is 4.98 Å². The molecule has 3 rings (SSSR count). The smallest absolute Gasteiger partial charge is 0.358 e. The topological polar surface area (TPSA) is 78.6 Å². The predicted octanol–water partition coefficient (Wildman–Crippen LogP) is 2.92. The number of carbonyl (C=O) groups excluding carboxylic acids is 1. The third-order valence-electron chi connectivity index (χ3n) is 3.94. The van der Waals surface area contributed by atoms with Gasteiger partial charge >= 0.3 is 11.6 Å². The summed E-state index contributed by atoms with van der Waals surface area (Å²) < 4.78 is 15.5. The molecule has 3 aromatic rings. The van der Waals surface area contributed by atoms with Crippen molar-refractivity contribution in [2.24, 2.45) is 0 Å². The number of methoxy groups -OCH3 is 1. The maximum Gasteiger partial charge on any atom is 0.358 e. The number of nitrogens with zero attached hydrogens (tertiary/aromatic N) is 1. The lowest BCUT2D eigenvalue weighted by atomic mass is 10.1. The van der Waals surface area contributed by atoms with Crippen LogP contribution < -0.4 is 10.4 Å². The molecule has 0 bridgehead atoms. The van der Waals surface area contributed by atoms with Crippen LogP contribution in [0.5, 0.6) is 5.75 Å². The average molecular weight is 353 g/mol. The first-order valence-corrected chi connectivity index (χ1v) is 8.33. The van der Waals surface area contributed by atoms with Crippen LogP contribution in [0.15, 0.2) is 57.7 Å². The summed E-state index contributed by atoms with van der Waals surface area (Å²) in [6.45, 7) is 0.283. The third-order valence-corrected chi connectivity index (χ3v) is 3.94. The van der Waals surface area contributed by atoms with Gasteiger partial charge in [-0.2, -0.15) is 0 Å². The van der Waals surface area contributed by atoms with Crippen LogP contribution in [-0.4, -0.2) is 24.7 Å². The van der Waals surface area contributed by atoms with Crippen LogP contribution >= 0.6 is 0 Å². The molecule has 1 heterocycles. The number of hydrogen-bond donors (Lipinski definition) is 0. The van der Waals surface area contributed by atoms with Crippen LogP contribution in [0.25, 0.3) is 11.1 Å². The van der Waals surface area contributed by atoms with E-state index in [0.717, 1.165) is 11.3 Å². The van der Waals surface area contributed by atoms with Crippen molar-refractivity contribution < 1.29 is 18.7 Å². The Morgan fingerprint density at radius 2 is 1.85 bits per heavy atom. The van der Waals surface area contributed by atoms with E-state index in [1.165, 1.54) is 0 Å². The lowest BCUT2D eigenvalue weighted by molar-refractivity contribution is -0.143. The standard InChI is InChI=1S/C20H19NO5/c1-24-15-8-6-14(7-9-15)12-13-25-19(22)11-10-17-20(23)26-18-5-3-2-4-16(18)21-17/h2-9H,10-13H2,1H3. The summed E-state index contributed by atoms with van der Waals surface area (Å²) in [6, 6.07) is 14.6. The molecular formula is C20H19NO5. The highest BCUT2D eigenvalue weighted by molar-refractivity contribution is 5.72. The molecule has 0 fully saturated rings. The van der Waals surface area contributed by atoms with E-state index >= 15 is 0 Å². The quantitative estimate of drug-likeness (QED) is 0.608. The molecule has 0 amide bonds. The minimum Gasteiger partial charge on any atom is -0.497 e. The molecule has 0 aliphatic carbocycles. The fourth-order valence-corrected chi connectivity index (χ4v) is 2.51. The van der Waals surface area contributed by atoms with Crippen molar-refractivity contribution in [3.8, 4) is 5.75 Å². The van der Waals surface area contributed by atoms with Gasteiger partial charge in [-0.05, 0) is 29.8 Å². The number of rotatable bonds is 7. The minimum absolute atomic E-state index is 0.0821. The molecule has 134 valence electrons. The second-order valence-corrected chi connectivity index (χ2v) is 5.73. The molecule has 0 N–H and O–H groups in total. The van der Waals surface area contributed by atoms with Crippen LogP contribution in [-0.2, 0) is 22.4 Å². The monoisotopic (exact) mass is 353 g/mol. The number of ether oxygens (including phenoxy) is 2. The highest BCUT2D eigenvalue weighted by atomic mass is 16.5. The Hall–Kier alpha value is -3.15. The molecule has 0 spiro atoms. The van der Waals surface area contributed by atoms with Gasteiger partial charge in [-0.15, -0.1) is 0 Å². The van der Waals surface area contributed by atoms with Crippen molar-refractivity contribution >= 4 is 17.1 Å². The van der Waals surface area contributed by atoms with E-state index in [4.69, 9.17) is 13.9 Å². The first-order chi connectivity index (χ1) is 12.7. The Bertz CT molecular complexity index is 946. The van der Waals surface area contributed by atoms with Crippen molar-refractivity contribution in [3.63, 3.8) is 0 Å². The van der Waals surface area contributed by atoms with Gasteiger partial charge in [0.15, 0.2) is 5.58 Å². The largest absolute Gasteiger partial charge is 0.497 e. The fourth-order valence-electron chi connectivity index (χ4n) is 2.51. The highest BCUT2D eigenvalue weighted by Crippen LogP contribution is 2.12. The maximum absolute atomic E-state index is 11.9. The Morgan fingerprint density at radius 1 is 1.08 bits per heavy atom. The summed E-state index contributed by atoms with van der Waals surface area (Å²) in [5.74, 6) is 0.417. The number of aryl methyl sites for hydroxylation is 1. The van der Waals surface area contributed by atoms with E-state index in [1.54, 1.807) is 25.3 Å².